The van der Waals surface area contributed by atoms with E-state index in [4.69, 9.17) is 15.5 Å². The van der Waals surface area contributed by atoms with Crippen molar-refractivity contribution in [2.75, 3.05) is 43.9 Å². The molecule has 1 saturated heterocycles. The highest BCUT2D eigenvalue weighted by molar-refractivity contribution is 5.46. The number of hydrogen-bond acceptors (Lipinski definition) is 7. The highest BCUT2D eigenvalue weighted by Gasteiger charge is 2.46. The number of imidazole rings is 1. The first-order chi connectivity index (χ1) is 13.2. The van der Waals surface area contributed by atoms with E-state index >= 15 is 0 Å². The second-order valence-electron chi connectivity index (χ2n) is 7.47. The van der Waals surface area contributed by atoms with Gasteiger partial charge < -0.3 is 20.4 Å². The molecule has 0 saturated carbocycles. The van der Waals surface area contributed by atoms with Crippen LogP contribution in [0.1, 0.15) is 44.0 Å². The lowest BCUT2D eigenvalue weighted by Crippen LogP contribution is -2.56. The van der Waals surface area contributed by atoms with Gasteiger partial charge in [0.2, 0.25) is 11.8 Å². The summed E-state index contributed by atoms with van der Waals surface area (Å²) in [4.78, 5) is 21.6. The smallest absolute Gasteiger partial charge is 0.225 e. The van der Waals surface area contributed by atoms with E-state index in [-0.39, 0.29) is 11.5 Å². The summed E-state index contributed by atoms with van der Waals surface area (Å²) in [5, 5.41) is 0. The Morgan fingerprint density at radius 2 is 2.07 bits per heavy atom. The SMILES string of the molecule is CCCCN1CCc2[nH]cnc2C12CCN(c1cc(OC)nc(N)n1)CC2. The van der Waals surface area contributed by atoms with E-state index in [9.17, 15) is 0 Å². The number of methoxy groups -OCH3 is 1. The molecule has 2 aromatic heterocycles. The number of piperidine rings is 1. The fraction of sp³-hybridized carbons (Fsp3) is 0.632. The lowest BCUT2D eigenvalue weighted by atomic mass is 9.78. The number of aromatic nitrogens is 4. The van der Waals surface area contributed by atoms with Gasteiger partial charge >= 0.3 is 0 Å². The molecule has 146 valence electrons. The summed E-state index contributed by atoms with van der Waals surface area (Å²) in [5.41, 5.74) is 8.45. The number of fused-ring (bicyclic) bond motifs is 2. The third kappa shape index (κ3) is 3.22. The third-order valence-electron chi connectivity index (χ3n) is 6.01. The number of unbranched alkanes of at least 4 members (excludes halogenated alkanes) is 1. The number of nitrogen functional groups attached to an aromatic ring is 1. The largest absolute Gasteiger partial charge is 0.481 e. The van der Waals surface area contributed by atoms with Crippen molar-refractivity contribution in [2.45, 2.75) is 44.6 Å². The lowest BCUT2D eigenvalue weighted by Gasteiger charge is -2.51. The first kappa shape index (κ1) is 18.0. The van der Waals surface area contributed by atoms with Crippen LogP contribution < -0.4 is 15.4 Å². The molecule has 0 radical (unpaired) electrons. The normalized spacial score (nSPS) is 19.3. The fourth-order valence-electron chi connectivity index (χ4n) is 4.55. The molecular formula is C19H29N7O. The molecule has 8 nitrogen and oxygen atoms in total. The zero-order valence-corrected chi connectivity index (χ0v) is 16.2. The molecule has 8 heteroatoms. The van der Waals surface area contributed by atoms with E-state index < -0.39 is 0 Å². The van der Waals surface area contributed by atoms with Crippen molar-refractivity contribution in [2.24, 2.45) is 0 Å². The summed E-state index contributed by atoms with van der Waals surface area (Å²) in [6, 6.07) is 1.87. The molecule has 0 amide bonds. The molecule has 4 heterocycles. The number of nitrogens with one attached hydrogen (secondary N) is 1. The number of rotatable bonds is 5. The summed E-state index contributed by atoms with van der Waals surface area (Å²) in [5.74, 6) is 1.60. The zero-order chi connectivity index (χ0) is 18.9. The summed E-state index contributed by atoms with van der Waals surface area (Å²) in [7, 11) is 1.60. The van der Waals surface area contributed by atoms with Crippen LogP contribution >= 0.6 is 0 Å². The van der Waals surface area contributed by atoms with Crippen LogP contribution in [-0.2, 0) is 12.0 Å². The predicted octanol–water partition coefficient (Wildman–Crippen LogP) is 1.94. The van der Waals surface area contributed by atoms with E-state index in [0.717, 1.165) is 51.3 Å². The summed E-state index contributed by atoms with van der Waals surface area (Å²) in [6.45, 7) is 6.32. The van der Waals surface area contributed by atoms with Crippen molar-refractivity contribution in [1.29, 1.82) is 0 Å². The van der Waals surface area contributed by atoms with Gasteiger partial charge in [0, 0.05) is 37.8 Å². The van der Waals surface area contributed by atoms with Crippen LogP contribution in [0.15, 0.2) is 12.4 Å². The molecule has 0 aliphatic carbocycles. The number of aromatic amines is 1. The maximum atomic E-state index is 5.85. The first-order valence-electron chi connectivity index (χ1n) is 9.87. The van der Waals surface area contributed by atoms with Gasteiger partial charge in [-0.15, -0.1) is 0 Å². The second kappa shape index (κ2) is 7.34. The molecule has 2 aromatic rings. The van der Waals surface area contributed by atoms with Crippen molar-refractivity contribution < 1.29 is 4.74 Å². The van der Waals surface area contributed by atoms with Crippen molar-refractivity contribution >= 4 is 11.8 Å². The number of nitrogens with zero attached hydrogens (tertiary/aromatic N) is 5. The van der Waals surface area contributed by atoms with E-state index in [0.29, 0.717) is 5.88 Å². The van der Waals surface area contributed by atoms with E-state index in [2.05, 4.69) is 31.7 Å². The molecule has 2 aliphatic rings. The van der Waals surface area contributed by atoms with Crippen LogP contribution in [0.3, 0.4) is 0 Å². The van der Waals surface area contributed by atoms with Gasteiger partial charge in [-0.05, 0) is 25.8 Å². The van der Waals surface area contributed by atoms with Crippen LogP contribution in [0.5, 0.6) is 5.88 Å². The molecule has 3 N–H and O–H groups in total. The zero-order valence-electron chi connectivity index (χ0n) is 16.2. The summed E-state index contributed by atoms with van der Waals surface area (Å²) < 4.78 is 5.25. The Balaban J connectivity index is 1.58. The van der Waals surface area contributed by atoms with E-state index in [1.807, 2.05) is 12.4 Å². The minimum Gasteiger partial charge on any atom is -0.481 e. The van der Waals surface area contributed by atoms with Crippen LogP contribution in [0.25, 0.3) is 0 Å². The van der Waals surface area contributed by atoms with Gasteiger partial charge in [0.05, 0.1) is 24.7 Å². The Morgan fingerprint density at radius 1 is 1.26 bits per heavy atom. The number of ether oxygens (including phenoxy) is 1. The van der Waals surface area contributed by atoms with Crippen LogP contribution in [0.2, 0.25) is 0 Å². The molecule has 0 aromatic carbocycles. The van der Waals surface area contributed by atoms with Gasteiger partial charge in [0.25, 0.3) is 0 Å². The fourth-order valence-corrected chi connectivity index (χ4v) is 4.55. The van der Waals surface area contributed by atoms with Gasteiger partial charge in [-0.1, -0.05) is 13.3 Å². The molecule has 2 aliphatic heterocycles. The Labute approximate surface area is 160 Å². The van der Waals surface area contributed by atoms with Crippen LogP contribution in [0, 0.1) is 0 Å². The van der Waals surface area contributed by atoms with Crippen molar-refractivity contribution in [3.8, 4) is 5.88 Å². The number of nitrogens with two attached hydrogens (primary N) is 1. The van der Waals surface area contributed by atoms with Gasteiger partial charge in [-0.2, -0.15) is 9.97 Å². The quantitative estimate of drug-likeness (QED) is 0.829. The molecule has 0 atom stereocenters. The maximum Gasteiger partial charge on any atom is 0.225 e. The van der Waals surface area contributed by atoms with E-state index in [1.165, 1.54) is 24.2 Å². The Hall–Kier alpha value is -2.35. The summed E-state index contributed by atoms with van der Waals surface area (Å²) in [6.07, 6.45) is 7.42. The average molecular weight is 371 g/mol. The number of hydrogen-bond donors (Lipinski definition) is 2. The standard InChI is InChI=1S/C19H29N7O/c1-3-4-8-26-9-5-14-17(22-13-21-14)19(26)6-10-25(11-7-19)15-12-16(27-2)24-18(20)23-15/h12-13H,3-11H2,1-2H3,(H,21,22)(H2,20,23,24). The predicted molar refractivity (Wildman–Crippen MR) is 105 cm³/mol. The van der Waals surface area contributed by atoms with Crippen molar-refractivity contribution in [3.63, 3.8) is 0 Å². The lowest BCUT2D eigenvalue weighted by molar-refractivity contribution is 0.0431. The molecule has 27 heavy (non-hydrogen) atoms. The van der Waals surface area contributed by atoms with Crippen LogP contribution in [0.4, 0.5) is 11.8 Å². The van der Waals surface area contributed by atoms with Crippen molar-refractivity contribution in [3.05, 3.63) is 23.8 Å². The second-order valence-corrected chi connectivity index (χ2v) is 7.47. The highest BCUT2D eigenvalue weighted by Crippen LogP contribution is 2.43. The molecular weight excluding hydrogens is 342 g/mol. The monoisotopic (exact) mass is 371 g/mol. The molecule has 0 bridgehead atoms. The Morgan fingerprint density at radius 3 is 2.81 bits per heavy atom. The third-order valence-corrected chi connectivity index (χ3v) is 6.01. The highest BCUT2D eigenvalue weighted by atomic mass is 16.5. The molecule has 0 unspecified atom stereocenters. The number of anilines is 2. The number of H-pyrrole nitrogens is 1. The summed E-state index contributed by atoms with van der Waals surface area (Å²) >= 11 is 0. The van der Waals surface area contributed by atoms with Gasteiger partial charge in [0.1, 0.15) is 5.82 Å². The van der Waals surface area contributed by atoms with Gasteiger partial charge in [-0.3, -0.25) is 4.90 Å². The van der Waals surface area contributed by atoms with Crippen LogP contribution in [-0.4, -0.2) is 58.1 Å². The minimum atomic E-state index is 0.0297. The topological polar surface area (TPSA) is 96.2 Å². The molecule has 1 fully saturated rings. The first-order valence-corrected chi connectivity index (χ1v) is 9.87. The minimum absolute atomic E-state index is 0.0297. The van der Waals surface area contributed by atoms with Gasteiger partial charge in [-0.25, -0.2) is 4.98 Å². The van der Waals surface area contributed by atoms with Crippen molar-refractivity contribution in [1.82, 2.24) is 24.8 Å². The van der Waals surface area contributed by atoms with E-state index in [1.54, 1.807) is 7.11 Å². The average Bonchev–Trinajstić information content (AvgIpc) is 3.17. The molecule has 1 spiro atoms. The maximum absolute atomic E-state index is 5.85. The molecule has 4 rings (SSSR count). The Kier molecular flexibility index (Phi) is 4.90. The van der Waals surface area contributed by atoms with Gasteiger partial charge in [0.15, 0.2) is 0 Å². The Bertz CT molecular complexity index is 782.